The Bertz CT molecular complexity index is 590. The molecule has 0 aliphatic carbocycles. The van der Waals surface area contributed by atoms with Crippen molar-refractivity contribution in [3.05, 3.63) is 58.7 Å². The van der Waals surface area contributed by atoms with Crippen molar-refractivity contribution in [2.75, 3.05) is 0 Å². The molecule has 4 radical (unpaired) electrons. The fraction of sp³-hybridized carbons (Fsp3) is 0.125. The fourth-order valence-corrected chi connectivity index (χ4v) is 1.58. The van der Waals surface area contributed by atoms with E-state index in [-0.39, 0.29) is 0 Å². The van der Waals surface area contributed by atoms with Crippen LogP contribution in [-0.4, -0.2) is 15.7 Å². The predicted octanol–water partition coefficient (Wildman–Crippen LogP) is 1.29. The van der Waals surface area contributed by atoms with Gasteiger partial charge in [-0.25, -0.2) is 0 Å². The molecule has 0 unspecified atom stereocenters. The molecule has 0 N–H and O–H groups in total. The molecule has 2 aromatic carbocycles. The molecule has 82 valence electrons. The largest absolute Gasteiger partial charge is 0.114 e. The van der Waals surface area contributed by atoms with Gasteiger partial charge >= 0.3 is 0 Å². The van der Waals surface area contributed by atoms with Gasteiger partial charge in [0.2, 0.25) is 0 Å². The van der Waals surface area contributed by atoms with Crippen LogP contribution in [0.15, 0.2) is 36.4 Å². The van der Waals surface area contributed by atoms with E-state index >= 15 is 0 Å². The monoisotopic (exact) mass is 226 g/mol. The predicted molar refractivity (Wildman–Crippen MR) is 79.1 cm³/mol. The lowest BCUT2D eigenvalue weighted by molar-refractivity contribution is 1.49. The second-order valence-corrected chi connectivity index (χ2v) is 4.39. The van der Waals surface area contributed by atoms with Crippen LogP contribution in [0.4, 0.5) is 0 Å². The van der Waals surface area contributed by atoms with E-state index < -0.39 is 0 Å². The first-order chi connectivity index (χ1) is 8.56. The third-order valence-electron chi connectivity index (χ3n) is 2.91. The quantitative estimate of drug-likeness (QED) is 0.469. The summed E-state index contributed by atoms with van der Waals surface area (Å²) in [5.41, 5.74) is 5.50. The van der Waals surface area contributed by atoms with E-state index in [9.17, 15) is 0 Å². The number of hydrogen-bond donors (Lipinski definition) is 0. The van der Waals surface area contributed by atoms with Crippen molar-refractivity contribution in [1.29, 1.82) is 0 Å². The van der Waals surface area contributed by atoms with Crippen molar-refractivity contribution in [3.63, 3.8) is 0 Å². The summed E-state index contributed by atoms with van der Waals surface area (Å²) in [5, 5.41) is 0. The fourth-order valence-electron chi connectivity index (χ4n) is 1.58. The van der Waals surface area contributed by atoms with Crippen LogP contribution in [0.2, 0.25) is 0 Å². The Balaban J connectivity index is 2.30. The van der Waals surface area contributed by atoms with E-state index in [1.165, 1.54) is 0 Å². The van der Waals surface area contributed by atoms with E-state index in [2.05, 4.69) is 11.8 Å². The minimum Gasteiger partial charge on any atom is -0.0926 e. The van der Waals surface area contributed by atoms with E-state index in [4.69, 9.17) is 15.7 Å². The maximum absolute atomic E-state index is 5.85. The molecule has 0 spiro atoms. The lowest BCUT2D eigenvalue weighted by Gasteiger charge is -2.00. The summed E-state index contributed by atoms with van der Waals surface area (Å²) in [4.78, 5) is 0. The first-order valence-electron chi connectivity index (χ1n) is 5.80. The number of aryl methyl sites for hydroxylation is 2. The maximum Gasteiger partial charge on any atom is 0.114 e. The molecular formula is C16H12B2. The van der Waals surface area contributed by atoms with Crippen LogP contribution in [0.5, 0.6) is 0 Å². The van der Waals surface area contributed by atoms with Crippen molar-refractivity contribution in [1.82, 2.24) is 0 Å². The minimum absolute atomic E-state index is 0.769. The van der Waals surface area contributed by atoms with Gasteiger partial charge in [-0.2, -0.15) is 0 Å². The van der Waals surface area contributed by atoms with E-state index in [1.807, 2.05) is 50.2 Å². The molecule has 2 heteroatoms. The normalized spacial score (nSPS) is 9.67. The lowest BCUT2D eigenvalue weighted by atomic mass is 9.89. The molecular weight excluding hydrogens is 214 g/mol. The summed E-state index contributed by atoms with van der Waals surface area (Å²) in [6.07, 6.45) is 0. The van der Waals surface area contributed by atoms with Gasteiger partial charge in [0.1, 0.15) is 15.7 Å². The number of benzene rings is 2. The SMILES string of the molecule is [B]c1cc(C#Cc2ccc(C)c([B])c2)ccc1C. The van der Waals surface area contributed by atoms with Crippen molar-refractivity contribution in [2.24, 2.45) is 0 Å². The zero-order chi connectivity index (χ0) is 13.1. The van der Waals surface area contributed by atoms with Crippen molar-refractivity contribution in [2.45, 2.75) is 13.8 Å². The van der Waals surface area contributed by atoms with Gasteiger partial charge in [0, 0.05) is 11.1 Å². The van der Waals surface area contributed by atoms with Gasteiger partial charge in [-0.1, -0.05) is 58.2 Å². The molecule has 0 saturated carbocycles. The lowest BCUT2D eigenvalue weighted by Crippen LogP contribution is -2.07. The van der Waals surface area contributed by atoms with Crippen LogP contribution >= 0.6 is 0 Å². The van der Waals surface area contributed by atoms with E-state index in [1.54, 1.807) is 0 Å². The highest BCUT2D eigenvalue weighted by Gasteiger charge is 1.94. The summed E-state index contributed by atoms with van der Waals surface area (Å²) in [6.45, 7) is 3.96. The van der Waals surface area contributed by atoms with Gasteiger partial charge in [0.15, 0.2) is 0 Å². The highest BCUT2D eigenvalue weighted by atomic mass is 14.0. The molecule has 0 aromatic heterocycles. The smallest absolute Gasteiger partial charge is 0.0926 e. The molecule has 2 aromatic rings. The van der Waals surface area contributed by atoms with E-state index in [0.29, 0.717) is 0 Å². The Morgan fingerprint density at radius 3 is 1.44 bits per heavy atom. The summed E-state index contributed by atoms with van der Waals surface area (Å²) < 4.78 is 0. The van der Waals surface area contributed by atoms with E-state index in [0.717, 1.165) is 33.2 Å². The van der Waals surface area contributed by atoms with Gasteiger partial charge in [0.25, 0.3) is 0 Å². The summed E-state index contributed by atoms with van der Waals surface area (Å²) in [6, 6.07) is 11.7. The molecule has 0 aliphatic heterocycles. The summed E-state index contributed by atoms with van der Waals surface area (Å²) in [5.74, 6) is 6.18. The summed E-state index contributed by atoms with van der Waals surface area (Å²) >= 11 is 0. The molecule has 2 rings (SSSR count). The third kappa shape index (κ3) is 2.87. The molecule has 0 atom stereocenters. The van der Waals surface area contributed by atoms with Crippen molar-refractivity contribution >= 4 is 26.6 Å². The standard InChI is InChI=1S/C16H12B2/c1-11-3-5-13(9-15(11)17)7-8-14-6-4-12(2)16(18)10-14/h3-6,9-10H,1-2H3. The minimum atomic E-state index is 0.769. The van der Waals surface area contributed by atoms with Gasteiger partial charge in [-0.05, 0) is 26.0 Å². The van der Waals surface area contributed by atoms with Crippen LogP contribution in [0.3, 0.4) is 0 Å². The molecule has 0 heterocycles. The molecule has 0 saturated heterocycles. The second-order valence-electron chi connectivity index (χ2n) is 4.39. The topological polar surface area (TPSA) is 0 Å². The maximum atomic E-state index is 5.85. The Morgan fingerprint density at radius 2 is 1.11 bits per heavy atom. The number of hydrogen-bond acceptors (Lipinski definition) is 0. The molecule has 0 aliphatic rings. The average Bonchev–Trinajstić information content (AvgIpc) is 2.35. The van der Waals surface area contributed by atoms with Crippen LogP contribution < -0.4 is 10.9 Å². The zero-order valence-electron chi connectivity index (χ0n) is 10.6. The van der Waals surface area contributed by atoms with Crippen LogP contribution in [0, 0.1) is 25.7 Å². The van der Waals surface area contributed by atoms with Crippen molar-refractivity contribution < 1.29 is 0 Å². The van der Waals surface area contributed by atoms with Gasteiger partial charge in [-0.15, -0.1) is 0 Å². The van der Waals surface area contributed by atoms with Crippen molar-refractivity contribution in [3.8, 4) is 11.8 Å². The van der Waals surface area contributed by atoms with Gasteiger partial charge < -0.3 is 0 Å². The van der Waals surface area contributed by atoms with Gasteiger partial charge in [-0.3, -0.25) is 0 Å². The zero-order valence-corrected chi connectivity index (χ0v) is 10.6. The Kier molecular flexibility index (Phi) is 3.63. The first kappa shape index (κ1) is 12.6. The Hall–Kier alpha value is -1.87. The Labute approximate surface area is 111 Å². The molecule has 18 heavy (non-hydrogen) atoms. The first-order valence-corrected chi connectivity index (χ1v) is 5.80. The highest BCUT2D eigenvalue weighted by molar-refractivity contribution is 6.33. The Morgan fingerprint density at radius 1 is 0.722 bits per heavy atom. The summed E-state index contributed by atoms with van der Waals surface area (Å²) in [7, 11) is 11.7. The van der Waals surface area contributed by atoms with Crippen LogP contribution in [-0.2, 0) is 0 Å². The molecule has 0 nitrogen and oxygen atoms in total. The highest BCUT2D eigenvalue weighted by Crippen LogP contribution is 2.01. The van der Waals surface area contributed by atoms with Crippen LogP contribution in [0.25, 0.3) is 0 Å². The second kappa shape index (κ2) is 5.19. The van der Waals surface area contributed by atoms with Gasteiger partial charge in [0.05, 0.1) is 0 Å². The number of rotatable bonds is 0. The third-order valence-corrected chi connectivity index (χ3v) is 2.91. The molecule has 0 amide bonds. The van der Waals surface area contributed by atoms with Crippen LogP contribution in [0.1, 0.15) is 22.3 Å². The molecule has 0 fully saturated rings. The average molecular weight is 226 g/mol. The molecule has 0 bridgehead atoms.